The van der Waals surface area contributed by atoms with Crippen LogP contribution in [0.3, 0.4) is 0 Å². The quantitative estimate of drug-likeness (QED) is 0.737. The molecule has 0 unspecified atom stereocenters. The van der Waals surface area contributed by atoms with Crippen molar-refractivity contribution >= 4 is 5.69 Å². The maximum atomic E-state index is 10.0. The highest BCUT2D eigenvalue weighted by molar-refractivity contribution is 5.47. The van der Waals surface area contributed by atoms with Gasteiger partial charge in [0.2, 0.25) is 0 Å². The van der Waals surface area contributed by atoms with Crippen LogP contribution < -0.4 is 4.90 Å². The summed E-state index contributed by atoms with van der Waals surface area (Å²) in [6.07, 6.45) is 4.41. The summed E-state index contributed by atoms with van der Waals surface area (Å²) in [5.74, 6) is 0.634. The first-order valence-electron chi connectivity index (χ1n) is 5.92. The minimum Gasteiger partial charge on any atom is -0.387 e. The molecule has 16 heavy (non-hydrogen) atoms. The molecule has 0 spiro atoms. The maximum absolute atomic E-state index is 10.0. The molecule has 2 atom stereocenters. The van der Waals surface area contributed by atoms with Crippen LogP contribution in [0.15, 0.2) is 12.3 Å². The zero-order chi connectivity index (χ0) is 11.7. The Morgan fingerprint density at radius 2 is 2.12 bits per heavy atom. The fourth-order valence-corrected chi connectivity index (χ4v) is 2.27. The van der Waals surface area contributed by atoms with Gasteiger partial charge in [0.1, 0.15) is 0 Å². The van der Waals surface area contributed by atoms with Gasteiger partial charge in [-0.15, -0.1) is 0 Å². The second-order valence-corrected chi connectivity index (χ2v) is 5.03. The van der Waals surface area contributed by atoms with Gasteiger partial charge in [-0.05, 0) is 36.8 Å². The molecule has 0 saturated carbocycles. The molecule has 1 aromatic heterocycles. The molecule has 3 heteroatoms. The van der Waals surface area contributed by atoms with Crippen molar-refractivity contribution in [2.45, 2.75) is 32.3 Å². The van der Waals surface area contributed by atoms with E-state index in [1.54, 1.807) is 0 Å². The standard InChI is InChI=1S/C13H20N2O/c1-9-4-5-12(16)13-10(6-9)7-11(8-14-13)15(2)3/h7-9,12,16H,4-6H2,1-3H3/t9-,12-/m1/s1. The number of rotatable bonds is 1. The van der Waals surface area contributed by atoms with Crippen LogP contribution in [-0.4, -0.2) is 24.2 Å². The molecular weight excluding hydrogens is 200 g/mol. The molecular formula is C13H20N2O. The summed E-state index contributed by atoms with van der Waals surface area (Å²) in [5, 5.41) is 10.0. The number of aliphatic hydroxyl groups is 1. The van der Waals surface area contributed by atoms with Crippen molar-refractivity contribution in [1.29, 1.82) is 0 Å². The van der Waals surface area contributed by atoms with Crippen molar-refractivity contribution in [1.82, 2.24) is 4.98 Å². The molecule has 1 heterocycles. The summed E-state index contributed by atoms with van der Waals surface area (Å²) in [7, 11) is 4.03. The lowest BCUT2D eigenvalue weighted by Gasteiger charge is -2.16. The van der Waals surface area contributed by atoms with E-state index in [1.807, 2.05) is 20.3 Å². The van der Waals surface area contributed by atoms with E-state index in [2.05, 4.69) is 22.9 Å². The van der Waals surface area contributed by atoms with E-state index < -0.39 is 0 Å². The Balaban J connectivity index is 2.39. The van der Waals surface area contributed by atoms with E-state index in [0.717, 1.165) is 30.6 Å². The lowest BCUT2D eigenvalue weighted by molar-refractivity contribution is 0.158. The second-order valence-electron chi connectivity index (χ2n) is 5.03. The van der Waals surface area contributed by atoms with Gasteiger partial charge in [0.25, 0.3) is 0 Å². The molecule has 1 aliphatic rings. The van der Waals surface area contributed by atoms with Crippen LogP contribution in [0.1, 0.15) is 37.1 Å². The average molecular weight is 220 g/mol. The molecule has 0 fully saturated rings. The fourth-order valence-electron chi connectivity index (χ4n) is 2.27. The van der Waals surface area contributed by atoms with Crippen LogP contribution in [0.2, 0.25) is 0 Å². The van der Waals surface area contributed by atoms with Gasteiger partial charge in [-0.1, -0.05) is 6.92 Å². The van der Waals surface area contributed by atoms with Crippen molar-refractivity contribution < 1.29 is 5.11 Å². The van der Waals surface area contributed by atoms with Crippen LogP contribution in [0, 0.1) is 5.92 Å². The van der Waals surface area contributed by atoms with Crippen molar-refractivity contribution in [3.05, 3.63) is 23.5 Å². The topological polar surface area (TPSA) is 36.4 Å². The number of aromatic nitrogens is 1. The Bertz CT molecular complexity index is 376. The zero-order valence-corrected chi connectivity index (χ0v) is 10.3. The summed E-state index contributed by atoms with van der Waals surface area (Å²) < 4.78 is 0. The third-order valence-electron chi connectivity index (χ3n) is 3.32. The molecule has 2 rings (SSSR count). The van der Waals surface area contributed by atoms with E-state index in [-0.39, 0.29) is 6.10 Å². The van der Waals surface area contributed by atoms with Crippen LogP contribution in [0.4, 0.5) is 5.69 Å². The molecule has 1 N–H and O–H groups in total. The smallest absolute Gasteiger partial charge is 0.0962 e. The van der Waals surface area contributed by atoms with Crippen LogP contribution in [0.25, 0.3) is 0 Å². The van der Waals surface area contributed by atoms with Gasteiger partial charge in [0.05, 0.1) is 23.7 Å². The predicted molar refractivity (Wildman–Crippen MR) is 65.6 cm³/mol. The van der Waals surface area contributed by atoms with E-state index in [1.165, 1.54) is 5.56 Å². The highest BCUT2D eigenvalue weighted by Crippen LogP contribution is 2.31. The van der Waals surface area contributed by atoms with Gasteiger partial charge >= 0.3 is 0 Å². The molecule has 88 valence electrons. The number of fused-ring (bicyclic) bond motifs is 1. The van der Waals surface area contributed by atoms with E-state index in [4.69, 9.17) is 0 Å². The van der Waals surface area contributed by atoms with Crippen LogP contribution in [0.5, 0.6) is 0 Å². The number of nitrogens with zero attached hydrogens (tertiary/aromatic N) is 2. The maximum Gasteiger partial charge on any atom is 0.0962 e. The van der Waals surface area contributed by atoms with Gasteiger partial charge in [-0.3, -0.25) is 4.98 Å². The molecule has 0 aliphatic heterocycles. The first kappa shape index (κ1) is 11.4. The van der Waals surface area contributed by atoms with Gasteiger partial charge < -0.3 is 10.0 Å². The van der Waals surface area contributed by atoms with Gasteiger partial charge in [-0.2, -0.15) is 0 Å². The summed E-state index contributed by atoms with van der Waals surface area (Å²) in [5.41, 5.74) is 3.21. The van der Waals surface area contributed by atoms with Gasteiger partial charge in [0, 0.05) is 14.1 Å². The average Bonchev–Trinajstić information content (AvgIpc) is 2.38. The molecule has 0 radical (unpaired) electrons. The number of pyridine rings is 1. The summed E-state index contributed by atoms with van der Waals surface area (Å²) >= 11 is 0. The second kappa shape index (κ2) is 4.42. The number of anilines is 1. The number of aliphatic hydroxyl groups excluding tert-OH is 1. The summed E-state index contributed by atoms with van der Waals surface area (Å²) in [6, 6.07) is 2.16. The monoisotopic (exact) mass is 220 g/mol. The lowest BCUT2D eigenvalue weighted by Crippen LogP contribution is -2.11. The Morgan fingerprint density at radius 1 is 1.38 bits per heavy atom. The Morgan fingerprint density at radius 3 is 2.81 bits per heavy atom. The van der Waals surface area contributed by atoms with Crippen molar-refractivity contribution in [3.63, 3.8) is 0 Å². The minimum absolute atomic E-state index is 0.379. The Labute approximate surface area is 97.1 Å². The SMILES string of the molecule is C[C@@H]1CC[C@@H](O)c2ncc(N(C)C)cc2C1. The highest BCUT2D eigenvalue weighted by Gasteiger charge is 2.21. The third-order valence-corrected chi connectivity index (χ3v) is 3.32. The molecule has 3 nitrogen and oxygen atoms in total. The van der Waals surface area contributed by atoms with Crippen molar-refractivity contribution in [2.75, 3.05) is 19.0 Å². The van der Waals surface area contributed by atoms with E-state index >= 15 is 0 Å². The van der Waals surface area contributed by atoms with E-state index in [9.17, 15) is 5.11 Å². The van der Waals surface area contributed by atoms with Crippen molar-refractivity contribution in [2.24, 2.45) is 5.92 Å². The van der Waals surface area contributed by atoms with Gasteiger partial charge in [0.15, 0.2) is 0 Å². The first-order valence-corrected chi connectivity index (χ1v) is 5.92. The van der Waals surface area contributed by atoms with E-state index in [0.29, 0.717) is 5.92 Å². The van der Waals surface area contributed by atoms with Crippen LogP contribution in [-0.2, 0) is 6.42 Å². The molecule has 1 aromatic rings. The molecule has 0 bridgehead atoms. The minimum atomic E-state index is -0.379. The highest BCUT2D eigenvalue weighted by atomic mass is 16.3. The Kier molecular flexibility index (Phi) is 3.15. The fraction of sp³-hybridized carbons (Fsp3) is 0.615. The lowest BCUT2D eigenvalue weighted by atomic mass is 10.00. The summed E-state index contributed by atoms with van der Waals surface area (Å²) in [6.45, 7) is 2.24. The first-order chi connectivity index (χ1) is 7.58. The predicted octanol–water partition coefficient (Wildman–Crippen LogP) is 2.15. The normalized spacial score (nSPS) is 24.8. The molecule has 1 aliphatic carbocycles. The molecule has 0 aromatic carbocycles. The van der Waals surface area contributed by atoms with Crippen LogP contribution >= 0.6 is 0 Å². The van der Waals surface area contributed by atoms with Crippen molar-refractivity contribution in [3.8, 4) is 0 Å². The summed E-state index contributed by atoms with van der Waals surface area (Å²) in [4.78, 5) is 6.48. The third kappa shape index (κ3) is 2.19. The molecule has 0 saturated heterocycles. The zero-order valence-electron chi connectivity index (χ0n) is 10.3. The number of hydrogen-bond donors (Lipinski definition) is 1. The van der Waals surface area contributed by atoms with Gasteiger partial charge in [-0.25, -0.2) is 0 Å². The number of hydrogen-bond acceptors (Lipinski definition) is 3. The largest absolute Gasteiger partial charge is 0.387 e. The molecule has 0 amide bonds. The Hall–Kier alpha value is -1.09.